The van der Waals surface area contributed by atoms with E-state index in [1.54, 1.807) is 0 Å². The third-order valence-electron chi connectivity index (χ3n) is 2.38. The van der Waals surface area contributed by atoms with Crippen LogP contribution >= 0.6 is 10.5 Å². The van der Waals surface area contributed by atoms with Crippen LogP contribution in [0.15, 0.2) is 30.3 Å². The number of rotatable bonds is 3. The summed E-state index contributed by atoms with van der Waals surface area (Å²) in [5.74, 6) is 2.25. The molecule has 0 bridgehead atoms. The number of hydrogen-bond acceptors (Lipinski definition) is 1. The topological polar surface area (TPSA) is 17.1 Å². The number of hydrogen-bond donors (Lipinski definition) is 0. The second-order valence-electron chi connectivity index (χ2n) is 3.48. The minimum Gasteiger partial charge on any atom is -0.293 e. The van der Waals surface area contributed by atoms with Crippen LogP contribution in [0, 0.1) is 0 Å². The van der Waals surface area contributed by atoms with Gasteiger partial charge in [0.1, 0.15) is 0 Å². The Bertz CT molecular complexity index is 354. The van der Waals surface area contributed by atoms with Gasteiger partial charge >= 0.3 is 0 Å². The summed E-state index contributed by atoms with van der Waals surface area (Å²) < 4.78 is 0. The quantitative estimate of drug-likeness (QED) is 0.549. The predicted molar refractivity (Wildman–Crippen MR) is 63.4 cm³/mol. The molecule has 1 aromatic carbocycles. The van der Waals surface area contributed by atoms with Gasteiger partial charge in [-0.25, -0.2) is 0 Å². The number of benzene rings is 1. The molecule has 0 unspecified atom stereocenters. The second kappa shape index (κ2) is 4.56. The smallest absolute Gasteiger partial charge is 0.172 e. The Morgan fingerprint density at radius 1 is 1.29 bits per heavy atom. The molecule has 74 valence electrons. The van der Waals surface area contributed by atoms with Crippen LogP contribution in [0.25, 0.3) is 0 Å². The highest BCUT2D eigenvalue weighted by atomic mass is 32.2. The third kappa shape index (κ3) is 2.32. The van der Waals surface area contributed by atoms with Gasteiger partial charge in [-0.05, 0) is 18.6 Å². The number of ketones is 1. The molecular weight excluding hydrogens is 192 g/mol. The van der Waals surface area contributed by atoms with Gasteiger partial charge in [0.05, 0.1) is 5.75 Å². The SMILES string of the molecule is O=C(C[S@]1=CCCC1)c1ccccc1. The Morgan fingerprint density at radius 3 is 2.71 bits per heavy atom. The Morgan fingerprint density at radius 2 is 2.07 bits per heavy atom. The van der Waals surface area contributed by atoms with Gasteiger partial charge in [0.15, 0.2) is 5.78 Å². The van der Waals surface area contributed by atoms with Crippen molar-refractivity contribution in [2.75, 3.05) is 11.5 Å². The van der Waals surface area contributed by atoms with Gasteiger partial charge in [-0.1, -0.05) is 35.7 Å². The van der Waals surface area contributed by atoms with Crippen molar-refractivity contribution in [3.05, 3.63) is 35.9 Å². The van der Waals surface area contributed by atoms with E-state index in [0.29, 0.717) is 5.78 Å². The molecular formula is C12H14OS. The van der Waals surface area contributed by atoms with Crippen LogP contribution in [0.4, 0.5) is 0 Å². The van der Waals surface area contributed by atoms with E-state index in [1.807, 2.05) is 30.3 Å². The van der Waals surface area contributed by atoms with Crippen LogP contribution in [0.3, 0.4) is 0 Å². The monoisotopic (exact) mass is 206 g/mol. The number of carbonyl (C=O) groups is 1. The summed E-state index contributed by atoms with van der Waals surface area (Å²) in [6, 6.07) is 9.60. The van der Waals surface area contributed by atoms with Crippen molar-refractivity contribution in [1.29, 1.82) is 0 Å². The van der Waals surface area contributed by atoms with Crippen molar-refractivity contribution in [3.63, 3.8) is 0 Å². The van der Waals surface area contributed by atoms with Gasteiger partial charge in [0.25, 0.3) is 0 Å². The van der Waals surface area contributed by atoms with Crippen molar-refractivity contribution in [2.24, 2.45) is 0 Å². The molecule has 0 aromatic heterocycles. The second-order valence-corrected chi connectivity index (χ2v) is 5.59. The van der Waals surface area contributed by atoms with Crippen molar-refractivity contribution in [3.8, 4) is 0 Å². The van der Waals surface area contributed by atoms with Gasteiger partial charge in [-0.3, -0.25) is 4.79 Å². The van der Waals surface area contributed by atoms with Gasteiger partial charge in [0.2, 0.25) is 0 Å². The first-order chi connectivity index (χ1) is 6.86. The van der Waals surface area contributed by atoms with E-state index >= 15 is 0 Å². The first-order valence-corrected chi connectivity index (χ1v) is 6.57. The van der Waals surface area contributed by atoms with E-state index in [0.717, 1.165) is 11.3 Å². The van der Waals surface area contributed by atoms with Crippen LogP contribution in [-0.2, 0) is 0 Å². The summed E-state index contributed by atoms with van der Waals surface area (Å²) in [4.78, 5) is 11.8. The largest absolute Gasteiger partial charge is 0.293 e. The summed E-state index contributed by atoms with van der Waals surface area (Å²) in [6.07, 6.45) is 2.47. The van der Waals surface area contributed by atoms with Crippen LogP contribution in [0.2, 0.25) is 0 Å². The van der Waals surface area contributed by atoms with Crippen LogP contribution < -0.4 is 0 Å². The fourth-order valence-corrected chi connectivity index (χ4v) is 3.58. The summed E-state index contributed by atoms with van der Waals surface area (Å²) in [7, 11) is 0.268. The molecule has 1 nitrogen and oxygen atoms in total. The standard InChI is InChI=1S/C12H14OS/c13-12(10-14-8-4-5-9-14)11-6-2-1-3-7-11/h1-3,6-8H,4-5,9-10H2/t14-/m0/s1. The lowest BCUT2D eigenvalue weighted by atomic mass is 10.2. The zero-order valence-electron chi connectivity index (χ0n) is 8.11. The first kappa shape index (κ1) is 9.66. The molecule has 14 heavy (non-hydrogen) atoms. The van der Waals surface area contributed by atoms with Crippen LogP contribution in [-0.4, -0.2) is 22.7 Å². The predicted octanol–water partition coefficient (Wildman–Crippen LogP) is 2.73. The average Bonchev–Trinajstić information content (AvgIpc) is 2.72. The molecule has 0 saturated carbocycles. The maximum Gasteiger partial charge on any atom is 0.172 e. The lowest BCUT2D eigenvalue weighted by Gasteiger charge is -2.02. The number of Topliss-reactive ketones (excluding diaryl/α,β-unsaturated/α-hetero) is 1. The van der Waals surface area contributed by atoms with Gasteiger partial charge in [-0.15, -0.1) is 0 Å². The normalized spacial score (nSPS) is 20.4. The molecule has 0 radical (unpaired) electrons. The Hall–Kier alpha value is -0.890. The molecule has 0 aliphatic carbocycles. The van der Waals surface area contributed by atoms with Gasteiger partial charge < -0.3 is 0 Å². The third-order valence-corrected chi connectivity index (χ3v) is 4.53. The highest BCUT2D eigenvalue weighted by Crippen LogP contribution is 2.22. The van der Waals surface area contributed by atoms with E-state index in [-0.39, 0.29) is 10.5 Å². The molecule has 2 rings (SSSR count). The highest BCUT2D eigenvalue weighted by molar-refractivity contribution is 8.15. The van der Waals surface area contributed by atoms with E-state index in [9.17, 15) is 4.79 Å². The Balaban J connectivity index is 2.03. The van der Waals surface area contributed by atoms with E-state index in [4.69, 9.17) is 0 Å². The number of carbonyl (C=O) groups excluding carboxylic acids is 1. The fourth-order valence-electron chi connectivity index (χ4n) is 1.61. The molecule has 1 aliphatic heterocycles. The molecule has 0 saturated heterocycles. The maximum atomic E-state index is 11.8. The molecule has 0 N–H and O–H groups in total. The van der Waals surface area contributed by atoms with Crippen molar-refractivity contribution >= 4 is 21.6 Å². The molecule has 0 amide bonds. The molecule has 0 fully saturated rings. The van der Waals surface area contributed by atoms with E-state index in [2.05, 4.69) is 5.37 Å². The summed E-state index contributed by atoms with van der Waals surface area (Å²) in [5, 5.41) is 2.32. The maximum absolute atomic E-state index is 11.8. The summed E-state index contributed by atoms with van der Waals surface area (Å²) in [6.45, 7) is 0. The zero-order chi connectivity index (χ0) is 9.80. The van der Waals surface area contributed by atoms with Crippen molar-refractivity contribution < 1.29 is 4.79 Å². The molecule has 2 heteroatoms. The minimum absolute atomic E-state index is 0.268. The lowest BCUT2D eigenvalue weighted by Crippen LogP contribution is -2.03. The van der Waals surface area contributed by atoms with Crippen molar-refractivity contribution in [1.82, 2.24) is 0 Å². The zero-order valence-corrected chi connectivity index (χ0v) is 8.93. The van der Waals surface area contributed by atoms with Crippen molar-refractivity contribution in [2.45, 2.75) is 12.8 Å². The van der Waals surface area contributed by atoms with E-state index < -0.39 is 0 Å². The van der Waals surface area contributed by atoms with Crippen LogP contribution in [0.5, 0.6) is 0 Å². The minimum atomic E-state index is 0.268. The van der Waals surface area contributed by atoms with Gasteiger partial charge in [0, 0.05) is 5.56 Å². The lowest BCUT2D eigenvalue weighted by molar-refractivity contribution is 0.102. The molecule has 1 heterocycles. The fraction of sp³-hybridized carbons (Fsp3) is 0.333. The highest BCUT2D eigenvalue weighted by Gasteiger charge is 2.09. The first-order valence-electron chi connectivity index (χ1n) is 4.94. The molecule has 0 spiro atoms. The van der Waals surface area contributed by atoms with E-state index in [1.165, 1.54) is 18.6 Å². The molecule has 1 aromatic rings. The average molecular weight is 206 g/mol. The van der Waals surface area contributed by atoms with Gasteiger partial charge in [-0.2, -0.15) is 10.5 Å². The van der Waals surface area contributed by atoms with Crippen LogP contribution in [0.1, 0.15) is 23.2 Å². The summed E-state index contributed by atoms with van der Waals surface area (Å²) in [5.41, 5.74) is 0.861. The molecule has 1 atom stereocenters. The Kier molecular flexibility index (Phi) is 3.14. The summed E-state index contributed by atoms with van der Waals surface area (Å²) >= 11 is 0. The Labute approximate surface area is 87.1 Å². The molecule has 1 aliphatic rings.